The van der Waals surface area contributed by atoms with E-state index >= 15 is 0 Å². The highest BCUT2D eigenvalue weighted by atomic mass is 127. The zero-order valence-electron chi connectivity index (χ0n) is 11.1. The maximum atomic E-state index is 11.3. The average Bonchev–Trinajstić information content (AvgIpc) is 2.50. The third kappa shape index (κ3) is 4.14. The van der Waals surface area contributed by atoms with Crippen LogP contribution in [0.1, 0.15) is 0 Å². The predicted molar refractivity (Wildman–Crippen MR) is 93.4 cm³/mol. The van der Waals surface area contributed by atoms with E-state index in [-0.39, 0.29) is 5.91 Å². The summed E-state index contributed by atoms with van der Waals surface area (Å²) in [6.45, 7) is 1.12. The van der Waals surface area contributed by atoms with Crippen molar-refractivity contribution in [2.45, 2.75) is 4.90 Å². The Labute approximate surface area is 138 Å². The summed E-state index contributed by atoms with van der Waals surface area (Å²) in [5.41, 5.74) is 0.878. The molecule has 1 atom stereocenters. The van der Waals surface area contributed by atoms with Crippen molar-refractivity contribution in [2.75, 3.05) is 22.8 Å². The Morgan fingerprint density at radius 3 is 2.57 bits per heavy atom. The van der Waals surface area contributed by atoms with Crippen LogP contribution in [0.15, 0.2) is 41.3 Å². The Hall–Kier alpha value is -1.19. The summed E-state index contributed by atoms with van der Waals surface area (Å²) < 4.78 is 21.1. The van der Waals surface area contributed by atoms with E-state index in [0.717, 1.165) is 16.5 Å². The summed E-state index contributed by atoms with van der Waals surface area (Å²) >= 11 is 0.000758. The molecule has 0 aliphatic carbocycles. The van der Waals surface area contributed by atoms with Crippen LogP contribution in [0.25, 0.3) is 10.8 Å². The average molecular weight is 418 g/mol. The van der Waals surface area contributed by atoms with Gasteiger partial charge in [0.05, 0.1) is 9.32 Å². The molecule has 1 unspecified atom stereocenters. The Morgan fingerprint density at radius 2 is 1.86 bits per heavy atom. The predicted octanol–water partition coefficient (Wildman–Crippen LogP) is 2.38. The first-order valence-corrected chi connectivity index (χ1v) is 8.96. The molecule has 1 amide bonds. The minimum absolute atomic E-state index is 0.00767. The summed E-state index contributed by atoms with van der Waals surface area (Å²) in [4.78, 5) is 11.5. The standard InChI is InChI=1S/C14H15IN2O3S/c15-9-14(18)17-8-7-16-12-5-1-4-11-10(12)3-2-6-13(11)21(19)20/h1-6,16H,7-9H2,(H,17,18)(H,19,20). The van der Waals surface area contributed by atoms with Gasteiger partial charge >= 0.3 is 0 Å². The molecular weight excluding hydrogens is 403 g/mol. The van der Waals surface area contributed by atoms with Gasteiger partial charge in [-0.05, 0) is 12.1 Å². The fraction of sp³-hybridized carbons (Fsp3) is 0.214. The van der Waals surface area contributed by atoms with E-state index in [1.54, 1.807) is 12.1 Å². The SMILES string of the molecule is O=C(CI)NCCNc1cccc2c(S(=O)O)cccc12. The van der Waals surface area contributed by atoms with Crippen LogP contribution in [0.3, 0.4) is 0 Å². The number of hydrogen-bond donors (Lipinski definition) is 3. The second-order valence-corrected chi connectivity index (χ2v) is 6.02. The first-order chi connectivity index (χ1) is 10.1. The lowest BCUT2D eigenvalue weighted by Gasteiger charge is -2.11. The van der Waals surface area contributed by atoms with Gasteiger partial charge in [0.2, 0.25) is 5.91 Å². The fourth-order valence-corrected chi connectivity index (χ4v) is 2.86. The van der Waals surface area contributed by atoms with Gasteiger partial charge in [0, 0.05) is 29.5 Å². The van der Waals surface area contributed by atoms with Gasteiger partial charge in [-0.25, -0.2) is 4.21 Å². The minimum atomic E-state index is -2.01. The molecule has 0 heterocycles. The molecule has 5 nitrogen and oxygen atoms in total. The third-order valence-electron chi connectivity index (χ3n) is 2.95. The number of benzene rings is 2. The molecule has 21 heavy (non-hydrogen) atoms. The molecule has 0 aliphatic heterocycles. The van der Waals surface area contributed by atoms with Crippen LogP contribution in [-0.4, -0.2) is 32.2 Å². The van der Waals surface area contributed by atoms with Crippen molar-refractivity contribution in [3.8, 4) is 0 Å². The minimum Gasteiger partial charge on any atom is -0.383 e. The molecule has 0 spiro atoms. The smallest absolute Gasteiger partial charge is 0.229 e. The Kier molecular flexibility index (Phi) is 5.95. The summed E-state index contributed by atoms with van der Waals surface area (Å²) in [6, 6.07) is 10.9. The highest BCUT2D eigenvalue weighted by molar-refractivity contribution is 14.1. The molecule has 2 aromatic rings. The van der Waals surface area contributed by atoms with Crippen LogP contribution in [0.5, 0.6) is 0 Å². The first-order valence-electron chi connectivity index (χ1n) is 6.32. The van der Waals surface area contributed by atoms with Crippen LogP contribution >= 0.6 is 22.6 Å². The number of hydrogen-bond acceptors (Lipinski definition) is 3. The fourth-order valence-electron chi connectivity index (χ4n) is 2.03. The number of nitrogens with one attached hydrogen (secondary N) is 2. The van der Waals surface area contributed by atoms with Gasteiger partial charge in [0.15, 0.2) is 11.1 Å². The van der Waals surface area contributed by atoms with Crippen molar-refractivity contribution in [2.24, 2.45) is 0 Å². The van der Waals surface area contributed by atoms with Crippen molar-refractivity contribution in [1.29, 1.82) is 0 Å². The molecule has 0 saturated heterocycles. The number of fused-ring (bicyclic) bond motifs is 1. The summed E-state index contributed by atoms with van der Waals surface area (Å²) in [7, 11) is 0. The number of carbonyl (C=O) groups excluding carboxylic acids is 1. The van der Waals surface area contributed by atoms with Crippen LogP contribution in [0.4, 0.5) is 5.69 Å². The number of halogens is 1. The van der Waals surface area contributed by atoms with Crippen molar-refractivity contribution < 1.29 is 13.6 Å². The summed E-state index contributed by atoms with van der Waals surface area (Å²) in [6.07, 6.45) is 0. The molecule has 0 saturated carbocycles. The monoisotopic (exact) mass is 418 g/mol. The van der Waals surface area contributed by atoms with Crippen LogP contribution in [0, 0.1) is 0 Å². The molecule has 112 valence electrons. The Bertz CT molecular complexity index is 678. The lowest BCUT2D eigenvalue weighted by Crippen LogP contribution is -2.29. The molecule has 0 bridgehead atoms. The van der Waals surface area contributed by atoms with E-state index in [0.29, 0.717) is 22.4 Å². The topological polar surface area (TPSA) is 78.4 Å². The molecule has 2 rings (SSSR count). The molecule has 2 aromatic carbocycles. The van der Waals surface area contributed by atoms with Crippen LogP contribution < -0.4 is 10.6 Å². The first kappa shape index (κ1) is 16.2. The molecule has 0 fully saturated rings. The lowest BCUT2D eigenvalue weighted by molar-refractivity contribution is -0.118. The van der Waals surface area contributed by atoms with Crippen molar-refractivity contribution in [3.63, 3.8) is 0 Å². The zero-order valence-corrected chi connectivity index (χ0v) is 14.1. The molecular formula is C14H15IN2O3S. The number of rotatable bonds is 6. The van der Waals surface area contributed by atoms with E-state index in [1.165, 1.54) is 0 Å². The highest BCUT2D eigenvalue weighted by Crippen LogP contribution is 2.27. The van der Waals surface area contributed by atoms with Gasteiger partial charge < -0.3 is 15.2 Å². The highest BCUT2D eigenvalue weighted by Gasteiger charge is 2.08. The Balaban J connectivity index is 2.15. The second kappa shape index (κ2) is 7.71. The van der Waals surface area contributed by atoms with Crippen LogP contribution in [-0.2, 0) is 15.9 Å². The molecule has 3 N–H and O–H groups in total. The van der Waals surface area contributed by atoms with E-state index in [4.69, 9.17) is 0 Å². The van der Waals surface area contributed by atoms with Crippen LogP contribution in [0.2, 0.25) is 0 Å². The maximum Gasteiger partial charge on any atom is 0.229 e. The van der Waals surface area contributed by atoms with Crippen molar-refractivity contribution >= 4 is 56.0 Å². The number of alkyl halides is 1. The zero-order chi connectivity index (χ0) is 15.2. The Morgan fingerprint density at radius 1 is 1.14 bits per heavy atom. The third-order valence-corrected chi connectivity index (χ3v) is 4.38. The van der Waals surface area contributed by atoms with Gasteiger partial charge in [-0.3, -0.25) is 4.79 Å². The molecule has 7 heteroatoms. The normalized spacial score (nSPS) is 12.1. The summed E-state index contributed by atoms with van der Waals surface area (Å²) in [5.74, 6) is 0.00767. The number of amides is 1. The van der Waals surface area contributed by atoms with Gasteiger partial charge in [0.25, 0.3) is 0 Å². The maximum absolute atomic E-state index is 11.3. The largest absolute Gasteiger partial charge is 0.383 e. The second-order valence-electron chi connectivity index (χ2n) is 4.32. The van der Waals surface area contributed by atoms with E-state index < -0.39 is 11.1 Å². The molecule has 0 aromatic heterocycles. The van der Waals surface area contributed by atoms with Crippen molar-refractivity contribution in [1.82, 2.24) is 5.32 Å². The number of anilines is 1. The molecule has 0 radical (unpaired) electrons. The van der Waals surface area contributed by atoms with Crippen molar-refractivity contribution in [3.05, 3.63) is 36.4 Å². The summed E-state index contributed by atoms with van der Waals surface area (Å²) in [5, 5.41) is 7.65. The van der Waals surface area contributed by atoms with Gasteiger partial charge in [-0.15, -0.1) is 0 Å². The lowest BCUT2D eigenvalue weighted by atomic mass is 10.1. The van der Waals surface area contributed by atoms with E-state index in [1.807, 2.05) is 46.9 Å². The van der Waals surface area contributed by atoms with E-state index in [9.17, 15) is 13.6 Å². The number of carbonyl (C=O) groups is 1. The molecule has 0 aliphatic rings. The van der Waals surface area contributed by atoms with Gasteiger partial charge in [-0.1, -0.05) is 46.9 Å². The van der Waals surface area contributed by atoms with Gasteiger partial charge in [-0.2, -0.15) is 0 Å². The quantitative estimate of drug-likeness (QED) is 0.292. The van der Waals surface area contributed by atoms with Gasteiger partial charge in [0.1, 0.15) is 0 Å². The van der Waals surface area contributed by atoms with E-state index in [2.05, 4.69) is 10.6 Å².